The van der Waals surface area contributed by atoms with Crippen molar-refractivity contribution in [1.29, 1.82) is 0 Å². The van der Waals surface area contributed by atoms with E-state index >= 15 is 0 Å². The molecule has 3 heterocycles. The summed E-state index contributed by atoms with van der Waals surface area (Å²) < 4.78 is 16.3. The summed E-state index contributed by atoms with van der Waals surface area (Å²) in [6, 6.07) is 7.45. The number of allylic oxidation sites excluding steroid dienone is 1. The fraction of sp³-hybridized carbons (Fsp3) is 0.333. The molecule has 1 unspecified atom stereocenters. The van der Waals surface area contributed by atoms with E-state index in [1.54, 1.807) is 13.1 Å². The van der Waals surface area contributed by atoms with E-state index in [4.69, 9.17) is 14.1 Å². The molecule has 1 atom stereocenters. The second-order valence-corrected chi connectivity index (χ2v) is 7.04. The van der Waals surface area contributed by atoms with Gasteiger partial charge in [0.25, 0.3) is 0 Å². The molecule has 3 aromatic rings. The molecule has 150 valence electrons. The van der Waals surface area contributed by atoms with Crippen LogP contribution < -0.4 is 10.1 Å². The van der Waals surface area contributed by atoms with Gasteiger partial charge >= 0.3 is 5.97 Å². The average molecular weight is 394 g/mol. The molecule has 1 aliphatic heterocycles. The largest absolute Gasteiger partial charge is 0.475 e. The first-order valence-electron chi connectivity index (χ1n) is 9.52. The fourth-order valence-electron chi connectivity index (χ4n) is 3.64. The number of carbonyl (C=O) groups is 1. The Balaban J connectivity index is 2.00. The smallest absolute Gasteiger partial charge is 0.336 e. The Bertz CT molecular complexity index is 1100. The molecule has 0 bridgehead atoms. The lowest BCUT2D eigenvalue weighted by atomic mass is 9.80. The lowest BCUT2D eigenvalue weighted by molar-refractivity contribution is -0.138. The number of nitrogens with one attached hydrogen (secondary N) is 1. The molecule has 0 spiro atoms. The Morgan fingerprint density at radius 2 is 2.10 bits per heavy atom. The zero-order chi connectivity index (χ0) is 20.5. The number of benzene rings is 1. The average Bonchev–Trinajstić information content (AvgIpc) is 3.15. The Morgan fingerprint density at radius 1 is 1.28 bits per heavy atom. The molecule has 0 saturated carbocycles. The number of carbonyl (C=O) groups excluding carboxylic acids is 1. The van der Waals surface area contributed by atoms with E-state index in [-0.39, 0.29) is 12.7 Å². The summed E-state index contributed by atoms with van der Waals surface area (Å²) in [4.78, 5) is 17.4. The molecule has 8 heteroatoms. The quantitative estimate of drug-likeness (QED) is 0.653. The summed E-state index contributed by atoms with van der Waals surface area (Å²) >= 11 is 0. The molecular weight excluding hydrogens is 372 g/mol. The van der Waals surface area contributed by atoms with Crippen molar-refractivity contribution < 1.29 is 18.9 Å². The maximum absolute atomic E-state index is 13.0. The number of hydrogen-bond acceptors (Lipinski definition) is 8. The van der Waals surface area contributed by atoms with Crippen LogP contribution in [0.25, 0.3) is 11.0 Å². The SMILES string of the molecule is CCOC(=O)C1=C(C)Nc2ccnc(OC(C)C)c2C1c1cccc2nonc12. The third-order valence-corrected chi connectivity index (χ3v) is 4.73. The van der Waals surface area contributed by atoms with Crippen LogP contribution in [0, 0.1) is 0 Å². The van der Waals surface area contributed by atoms with Gasteiger partial charge in [0.15, 0.2) is 0 Å². The van der Waals surface area contributed by atoms with Crippen molar-refractivity contribution in [3.05, 3.63) is 52.9 Å². The van der Waals surface area contributed by atoms with Gasteiger partial charge in [-0.1, -0.05) is 12.1 Å². The van der Waals surface area contributed by atoms with E-state index in [0.29, 0.717) is 28.2 Å². The summed E-state index contributed by atoms with van der Waals surface area (Å²) in [5, 5.41) is 11.3. The maximum Gasteiger partial charge on any atom is 0.336 e. The highest BCUT2D eigenvalue weighted by molar-refractivity contribution is 5.96. The minimum atomic E-state index is -0.497. The van der Waals surface area contributed by atoms with Crippen molar-refractivity contribution in [1.82, 2.24) is 15.3 Å². The van der Waals surface area contributed by atoms with E-state index < -0.39 is 11.9 Å². The van der Waals surface area contributed by atoms with Crippen molar-refractivity contribution in [3.8, 4) is 5.88 Å². The number of anilines is 1. The number of esters is 1. The van der Waals surface area contributed by atoms with E-state index in [0.717, 1.165) is 16.8 Å². The van der Waals surface area contributed by atoms with Crippen LogP contribution in [-0.2, 0) is 9.53 Å². The van der Waals surface area contributed by atoms with Gasteiger partial charge in [-0.2, -0.15) is 0 Å². The second kappa shape index (κ2) is 7.54. The third kappa shape index (κ3) is 3.30. The first-order chi connectivity index (χ1) is 14.0. The lowest BCUT2D eigenvalue weighted by Crippen LogP contribution is -2.26. The molecule has 0 saturated heterocycles. The normalized spacial score (nSPS) is 16.0. The Hall–Kier alpha value is -3.42. The van der Waals surface area contributed by atoms with Crippen molar-refractivity contribution in [2.75, 3.05) is 11.9 Å². The van der Waals surface area contributed by atoms with E-state index in [2.05, 4.69) is 20.6 Å². The number of hydrogen-bond donors (Lipinski definition) is 1. The van der Waals surface area contributed by atoms with Gasteiger partial charge in [-0.3, -0.25) is 0 Å². The van der Waals surface area contributed by atoms with Gasteiger partial charge in [0, 0.05) is 17.6 Å². The molecule has 4 rings (SSSR count). The van der Waals surface area contributed by atoms with Gasteiger partial charge in [0.1, 0.15) is 11.0 Å². The molecule has 2 aromatic heterocycles. The second-order valence-electron chi connectivity index (χ2n) is 7.04. The number of rotatable bonds is 5. The van der Waals surface area contributed by atoms with Crippen LogP contribution in [0.1, 0.15) is 44.7 Å². The summed E-state index contributed by atoms with van der Waals surface area (Å²) in [6.07, 6.45) is 1.60. The predicted octanol–water partition coefficient (Wildman–Crippen LogP) is 3.80. The first-order valence-corrected chi connectivity index (χ1v) is 9.52. The van der Waals surface area contributed by atoms with Crippen LogP contribution in [0.2, 0.25) is 0 Å². The summed E-state index contributed by atoms with van der Waals surface area (Å²) in [6.45, 7) is 7.77. The molecule has 0 radical (unpaired) electrons. The molecule has 29 heavy (non-hydrogen) atoms. The van der Waals surface area contributed by atoms with E-state index in [1.807, 2.05) is 45.0 Å². The maximum atomic E-state index is 13.0. The number of fused-ring (bicyclic) bond motifs is 2. The standard InChI is InChI=1S/C21H22N4O4/c1-5-27-21(26)16-12(4)23-14-9-10-22-20(28-11(2)3)18(14)17(16)13-7-6-8-15-19(13)25-29-24-15/h6-11,17,23H,5H2,1-4H3. The van der Waals surface area contributed by atoms with Crippen LogP contribution in [0.5, 0.6) is 5.88 Å². The van der Waals surface area contributed by atoms with Gasteiger partial charge in [-0.05, 0) is 55.7 Å². The summed E-state index contributed by atoms with van der Waals surface area (Å²) in [5.74, 6) is -0.443. The van der Waals surface area contributed by atoms with Crippen LogP contribution in [-0.4, -0.2) is 34.0 Å². The summed E-state index contributed by atoms with van der Waals surface area (Å²) in [7, 11) is 0. The highest BCUT2D eigenvalue weighted by Crippen LogP contribution is 2.47. The predicted molar refractivity (Wildman–Crippen MR) is 107 cm³/mol. The fourth-order valence-corrected chi connectivity index (χ4v) is 3.64. The van der Waals surface area contributed by atoms with Gasteiger partial charge in [0.05, 0.1) is 29.8 Å². The Kier molecular flexibility index (Phi) is 4.92. The molecule has 1 N–H and O–H groups in total. The van der Waals surface area contributed by atoms with Gasteiger partial charge in [-0.15, -0.1) is 0 Å². The first kappa shape index (κ1) is 18.9. The number of ether oxygens (including phenoxy) is 2. The molecule has 8 nitrogen and oxygen atoms in total. The Morgan fingerprint density at radius 3 is 2.86 bits per heavy atom. The number of nitrogens with zero attached hydrogens (tertiary/aromatic N) is 3. The molecule has 0 fully saturated rings. The molecule has 0 amide bonds. The van der Waals surface area contributed by atoms with Crippen molar-refractivity contribution >= 4 is 22.7 Å². The molecule has 1 aromatic carbocycles. The van der Waals surface area contributed by atoms with Crippen LogP contribution in [0.4, 0.5) is 5.69 Å². The zero-order valence-electron chi connectivity index (χ0n) is 16.7. The van der Waals surface area contributed by atoms with Crippen molar-refractivity contribution in [2.45, 2.75) is 39.7 Å². The van der Waals surface area contributed by atoms with Gasteiger partial charge in [-0.25, -0.2) is 14.4 Å². The minimum Gasteiger partial charge on any atom is -0.475 e. The number of pyridine rings is 1. The van der Waals surface area contributed by atoms with Crippen molar-refractivity contribution in [3.63, 3.8) is 0 Å². The lowest BCUT2D eigenvalue weighted by Gasteiger charge is -2.31. The highest BCUT2D eigenvalue weighted by atomic mass is 16.6. The Labute approximate surface area is 167 Å². The van der Waals surface area contributed by atoms with Gasteiger partial charge in [0.2, 0.25) is 5.88 Å². The van der Waals surface area contributed by atoms with E-state index in [9.17, 15) is 4.79 Å². The summed E-state index contributed by atoms with van der Waals surface area (Å²) in [5.41, 5.74) is 4.73. The van der Waals surface area contributed by atoms with Gasteiger partial charge < -0.3 is 14.8 Å². The molecule has 1 aliphatic rings. The van der Waals surface area contributed by atoms with Crippen LogP contribution >= 0.6 is 0 Å². The molecular formula is C21H22N4O4. The van der Waals surface area contributed by atoms with Crippen LogP contribution in [0.3, 0.4) is 0 Å². The van der Waals surface area contributed by atoms with Crippen LogP contribution in [0.15, 0.2) is 46.4 Å². The third-order valence-electron chi connectivity index (χ3n) is 4.73. The minimum absolute atomic E-state index is 0.0859. The monoisotopic (exact) mass is 394 g/mol. The van der Waals surface area contributed by atoms with E-state index in [1.165, 1.54) is 0 Å². The topological polar surface area (TPSA) is 99.4 Å². The number of aromatic nitrogens is 3. The highest BCUT2D eigenvalue weighted by Gasteiger charge is 2.37. The molecule has 0 aliphatic carbocycles. The zero-order valence-corrected chi connectivity index (χ0v) is 16.7. The van der Waals surface area contributed by atoms with Crippen molar-refractivity contribution in [2.24, 2.45) is 0 Å².